The molecule has 3 N–H and O–H groups in total. The number of aromatic carboxylic acids is 1. The van der Waals surface area contributed by atoms with Crippen LogP contribution in [0.2, 0.25) is 5.15 Å². The minimum atomic E-state index is -1.08. The Morgan fingerprint density at radius 1 is 1.42 bits per heavy atom. The van der Waals surface area contributed by atoms with Gasteiger partial charge < -0.3 is 29.5 Å². The maximum Gasteiger partial charge on any atom is 0.339 e. The number of H-pyrrole nitrogens is 1. The second kappa shape index (κ2) is 8.56. The number of aromatic nitrogens is 3. The SMILES string of the molecule is CCc1[nH]c(C(=O)N[C@H]2CCN(c3nc4cccc(C(=O)O)c4o3)C[C@H]2OC)nc1Cl. The molecule has 0 radical (unpaired) electrons. The fourth-order valence-electron chi connectivity index (χ4n) is 3.70. The van der Waals surface area contributed by atoms with Gasteiger partial charge in [-0.3, -0.25) is 4.79 Å². The molecule has 1 aliphatic rings. The molecule has 2 atom stereocenters. The highest BCUT2D eigenvalue weighted by molar-refractivity contribution is 6.30. The number of ether oxygens (including phenoxy) is 1. The molecule has 2 aromatic heterocycles. The number of aryl methyl sites for hydroxylation is 1. The second-order valence-electron chi connectivity index (χ2n) is 7.25. The molecule has 3 heterocycles. The third-order valence-electron chi connectivity index (χ3n) is 5.38. The first-order valence-electron chi connectivity index (χ1n) is 9.87. The van der Waals surface area contributed by atoms with E-state index in [4.69, 9.17) is 20.8 Å². The third kappa shape index (κ3) is 4.08. The number of hydrogen-bond acceptors (Lipinski definition) is 7. The number of carbonyl (C=O) groups excluding carboxylic acids is 1. The van der Waals surface area contributed by atoms with Crippen LogP contribution < -0.4 is 10.2 Å². The Kier molecular flexibility index (Phi) is 5.84. The normalized spacial score (nSPS) is 19.0. The molecule has 11 heteroatoms. The Balaban J connectivity index is 1.48. The molecule has 4 rings (SSSR count). The lowest BCUT2D eigenvalue weighted by Crippen LogP contribution is -2.55. The third-order valence-corrected chi connectivity index (χ3v) is 5.69. The van der Waals surface area contributed by atoms with E-state index in [2.05, 4.69) is 20.3 Å². The largest absolute Gasteiger partial charge is 0.478 e. The summed E-state index contributed by atoms with van der Waals surface area (Å²) >= 11 is 6.03. The number of methoxy groups -OCH3 is 1. The van der Waals surface area contributed by atoms with Crippen molar-refractivity contribution in [2.75, 3.05) is 25.1 Å². The van der Waals surface area contributed by atoms with Gasteiger partial charge in [-0.15, -0.1) is 0 Å². The smallest absolute Gasteiger partial charge is 0.339 e. The molecule has 164 valence electrons. The average Bonchev–Trinajstić information content (AvgIpc) is 3.36. The van der Waals surface area contributed by atoms with Crippen LogP contribution in [0.1, 0.15) is 40.0 Å². The predicted molar refractivity (Wildman–Crippen MR) is 113 cm³/mol. The quantitative estimate of drug-likeness (QED) is 0.524. The number of anilines is 1. The predicted octanol–water partition coefficient (Wildman–Crippen LogP) is 2.49. The van der Waals surface area contributed by atoms with Crippen molar-refractivity contribution in [3.8, 4) is 0 Å². The highest BCUT2D eigenvalue weighted by Gasteiger charge is 2.33. The Bertz CT molecular complexity index is 1130. The summed E-state index contributed by atoms with van der Waals surface area (Å²) in [5, 5.41) is 12.6. The van der Waals surface area contributed by atoms with Gasteiger partial charge in [-0.25, -0.2) is 9.78 Å². The standard InChI is InChI=1S/C20H22ClN5O5/c1-3-11-16(21)25-17(22-11)18(27)23-12-7-8-26(9-14(12)30-2)20-24-13-6-4-5-10(19(28)29)15(13)31-20/h4-6,12,14H,3,7-9H2,1-2H3,(H,22,25)(H,23,27)(H,28,29)/t12-,14+/m0/s1. The molecule has 1 saturated heterocycles. The lowest BCUT2D eigenvalue weighted by Gasteiger charge is -2.37. The molecule has 31 heavy (non-hydrogen) atoms. The average molecular weight is 448 g/mol. The van der Waals surface area contributed by atoms with E-state index in [-0.39, 0.29) is 35.0 Å². The molecule has 1 aromatic carbocycles. The number of piperidine rings is 1. The minimum Gasteiger partial charge on any atom is -0.478 e. The first-order chi connectivity index (χ1) is 14.9. The molecule has 0 saturated carbocycles. The number of oxazole rings is 1. The van der Waals surface area contributed by atoms with E-state index >= 15 is 0 Å². The lowest BCUT2D eigenvalue weighted by atomic mass is 10.0. The van der Waals surface area contributed by atoms with Crippen molar-refractivity contribution in [2.24, 2.45) is 0 Å². The second-order valence-corrected chi connectivity index (χ2v) is 7.61. The number of nitrogens with zero attached hydrogens (tertiary/aromatic N) is 3. The van der Waals surface area contributed by atoms with Crippen LogP contribution in [0.25, 0.3) is 11.1 Å². The molecule has 0 unspecified atom stereocenters. The summed E-state index contributed by atoms with van der Waals surface area (Å²) in [5.41, 5.74) is 1.48. The number of para-hydroxylation sites is 1. The number of halogens is 1. The van der Waals surface area contributed by atoms with Gasteiger partial charge in [-0.05, 0) is 25.0 Å². The van der Waals surface area contributed by atoms with Crippen molar-refractivity contribution in [2.45, 2.75) is 31.9 Å². The molecule has 10 nitrogen and oxygen atoms in total. The molecule has 0 bridgehead atoms. The molecule has 3 aromatic rings. The summed E-state index contributed by atoms with van der Waals surface area (Å²) in [4.78, 5) is 37.4. The Labute approximate surface area is 182 Å². The van der Waals surface area contributed by atoms with E-state index in [0.717, 1.165) is 0 Å². The lowest BCUT2D eigenvalue weighted by molar-refractivity contribution is 0.0530. The van der Waals surface area contributed by atoms with Gasteiger partial charge in [0.25, 0.3) is 11.9 Å². The van der Waals surface area contributed by atoms with Crippen LogP contribution in [-0.2, 0) is 11.2 Å². The molecule has 0 spiro atoms. The Hall–Kier alpha value is -3.11. The van der Waals surface area contributed by atoms with Gasteiger partial charge in [-0.1, -0.05) is 24.6 Å². The van der Waals surface area contributed by atoms with Gasteiger partial charge in [-0.2, -0.15) is 4.98 Å². The van der Waals surface area contributed by atoms with Crippen molar-refractivity contribution in [1.82, 2.24) is 20.3 Å². The zero-order valence-corrected chi connectivity index (χ0v) is 17.8. The first kappa shape index (κ1) is 21.1. The van der Waals surface area contributed by atoms with E-state index in [1.54, 1.807) is 19.2 Å². The number of hydrogen-bond donors (Lipinski definition) is 3. The number of rotatable bonds is 6. The van der Waals surface area contributed by atoms with Gasteiger partial charge in [0.15, 0.2) is 16.6 Å². The van der Waals surface area contributed by atoms with Crippen molar-refractivity contribution in [3.63, 3.8) is 0 Å². The fraction of sp³-hybridized carbons (Fsp3) is 0.400. The number of carboxylic acid groups (broad SMARTS) is 1. The minimum absolute atomic E-state index is 0.0604. The maximum absolute atomic E-state index is 12.6. The molecular formula is C20H22ClN5O5. The first-order valence-corrected chi connectivity index (χ1v) is 10.2. The van der Waals surface area contributed by atoms with E-state index in [1.165, 1.54) is 6.07 Å². The van der Waals surface area contributed by atoms with Gasteiger partial charge >= 0.3 is 5.97 Å². The van der Waals surface area contributed by atoms with E-state index in [0.29, 0.717) is 48.3 Å². The van der Waals surface area contributed by atoms with Crippen LogP contribution in [0.15, 0.2) is 22.6 Å². The van der Waals surface area contributed by atoms with E-state index < -0.39 is 5.97 Å². The van der Waals surface area contributed by atoms with Crippen LogP contribution in [0.5, 0.6) is 0 Å². The highest BCUT2D eigenvalue weighted by Crippen LogP contribution is 2.28. The van der Waals surface area contributed by atoms with Crippen LogP contribution in [-0.4, -0.2) is 64.3 Å². The highest BCUT2D eigenvalue weighted by atomic mass is 35.5. The van der Waals surface area contributed by atoms with Crippen molar-refractivity contribution >= 4 is 40.6 Å². The number of aromatic amines is 1. The van der Waals surface area contributed by atoms with Crippen LogP contribution >= 0.6 is 11.6 Å². The van der Waals surface area contributed by atoms with Gasteiger partial charge in [0, 0.05) is 13.7 Å². The number of benzene rings is 1. The summed E-state index contributed by atoms with van der Waals surface area (Å²) in [6, 6.07) is 4.88. The summed E-state index contributed by atoms with van der Waals surface area (Å²) in [7, 11) is 1.57. The van der Waals surface area contributed by atoms with Gasteiger partial charge in [0.2, 0.25) is 0 Å². The Morgan fingerprint density at radius 3 is 2.90 bits per heavy atom. The van der Waals surface area contributed by atoms with Crippen LogP contribution in [0, 0.1) is 0 Å². The topological polar surface area (TPSA) is 134 Å². The number of fused-ring (bicyclic) bond motifs is 1. The number of carboxylic acids is 1. The number of imidazole rings is 1. The molecule has 1 fully saturated rings. The fourth-order valence-corrected chi connectivity index (χ4v) is 3.97. The number of amides is 1. The van der Waals surface area contributed by atoms with E-state index in [9.17, 15) is 14.7 Å². The van der Waals surface area contributed by atoms with E-state index in [1.807, 2.05) is 11.8 Å². The molecule has 1 amide bonds. The van der Waals surface area contributed by atoms with Crippen molar-refractivity contribution < 1.29 is 23.8 Å². The Morgan fingerprint density at radius 2 is 2.23 bits per heavy atom. The van der Waals surface area contributed by atoms with Gasteiger partial charge in [0.05, 0.1) is 24.4 Å². The van der Waals surface area contributed by atoms with Crippen molar-refractivity contribution in [1.29, 1.82) is 0 Å². The van der Waals surface area contributed by atoms with Crippen molar-refractivity contribution in [3.05, 3.63) is 40.4 Å². The van der Waals surface area contributed by atoms with Crippen LogP contribution in [0.3, 0.4) is 0 Å². The zero-order chi connectivity index (χ0) is 22.1. The number of carbonyl (C=O) groups is 2. The summed E-state index contributed by atoms with van der Waals surface area (Å²) in [6.07, 6.45) is 0.888. The summed E-state index contributed by atoms with van der Waals surface area (Å²) in [6.45, 7) is 2.87. The molecule has 0 aliphatic carbocycles. The molecule has 1 aliphatic heterocycles. The summed E-state index contributed by atoms with van der Waals surface area (Å²) in [5.74, 6) is -1.26. The zero-order valence-electron chi connectivity index (χ0n) is 17.0. The maximum atomic E-state index is 12.6. The monoisotopic (exact) mass is 447 g/mol. The molecular weight excluding hydrogens is 426 g/mol. The van der Waals surface area contributed by atoms with Crippen LogP contribution in [0.4, 0.5) is 6.01 Å². The van der Waals surface area contributed by atoms with Gasteiger partial charge in [0.1, 0.15) is 11.1 Å². The summed E-state index contributed by atoms with van der Waals surface area (Å²) < 4.78 is 11.4. The number of nitrogens with one attached hydrogen (secondary N) is 2.